The van der Waals surface area contributed by atoms with Gasteiger partial charge in [0.25, 0.3) is 0 Å². The van der Waals surface area contributed by atoms with E-state index in [4.69, 9.17) is 5.73 Å². The van der Waals surface area contributed by atoms with Gasteiger partial charge in [0, 0.05) is 17.3 Å². The van der Waals surface area contributed by atoms with Gasteiger partial charge in [-0.3, -0.25) is 4.79 Å². The Morgan fingerprint density at radius 1 is 1.33 bits per heavy atom. The minimum absolute atomic E-state index is 0.0156. The third kappa shape index (κ3) is 1.72. The molecule has 1 aromatic carbocycles. The van der Waals surface area contributed by atoms with Crippen LogP contribution in [0.1, 0.15) is 17.3 Å². The van der Waals surface area contributed by atoms with Crippen molar-refractivity contribution in [2.24, 2.45) is 5.73 Å². The molecule has 0 saturated heterocycles. The number of nitrogens with two attached hydrogens (primary N) is 1. The van der Waals surface area contributed by atoms with Crippen LogP contribution < -0.4 is 5.73 Å². The van der Waals surface area contributed by atoms with Crippen molar-refractivity contribution in [3.8, 4) is 0 Å². The third-order valence-corrected chi connectivity index (χ3v) is 1.64. The summed E-state index contributed by atoms with van der Waals surface area (Å²) in [4.78, 5) is 11.4. The first-order valence-electron chi connectivity index (χ1n) is 3.74. The van der Waals surface area contributed by atoms with Gasteiger partial charge >= 0.3 is 0 Å². The fourth-order valence-corrected chi connectivity index (χ4v) is 0.893. The van der Waals surface area contributed by atoms with E-state index in [2.05, 4.69) is 0 Å². The molecule has 0 saturated carbocycles. The van der Waals surface area contributed by atoms with E-state index in [0.717, 1.165) is 0 Å². The summed E-state index contributed by atoms with van der Waals surface area (Å²) in [6.45, 7) is 1.70. The molecule has 2 N–H and O–H groups in total. The fraction of sp³-hybridized carbons (Fsp3) is 0.100. The maximum atomic E-state index is 11.4. The van der Waals surface area contributed by atoms with Crippen LogP contribution in [0.4, 0.5) is 0 Å². The van der Waals surface area contributed by atoms with Crippen molar-refractivity contribution in [3.63, 3.8) is 0 Å². The molecule has 0 radical (unpaired) electrons. The lowest BCUT2D eigenvalue weighted by molar-refractivity contribution is 0.103. The van der Waals surface area contributed by atoms with Gasteiger partial charge in [0.1, 0.15) is 0 Å². The molecule has 0 aliphatic heterocycles. The van der Waals surface area contributed by atoms with Gasteiger partial charge in [0.15, 0.2) is 5.78 Å². The van der Waals surface area contributed by atoms with E-state index in [-0.39, 0.29) is 5.78 Å². The van der Waals surface area contributed by atoms with Gasteiger partial charge in [0.05, 0.1) is 0 Å². The van der Waals surface area contributed by atoms with Crippen molar-refractivity contribution in [1.29, 1.82) is 0 Å². The van der Waals surface area contributed by atoms with Crippen molar-refractivity contribution in [1.82, 2.24) is 0 Å². The lowest BCUT2D eigenvalue weighted by Crippen LogP contribution is -2.01. The molecular formula is C10H11NO. The van der Waals surface area contributed by atoms with Crippen LogP contribution in [0.15, 0.2) is 42.1 Å². The monoisotopic (exact) mass is 161 g/mol. The molecule has 1 aromatic rings. The average molecular weight is 161 g/mol. The lowest BCUT2D eigenvalue weighted by Gasteiger charge is -1.98. The zero-order valence-electron chi connectivity index (χ0n) is 6.95. The van der Waals surface area contributed by atoms with Gasteiger partial charge in [-0.2, -0.15) is 0 Å². The highest BCUT2D eigenvalue weighted by Gasteiger charge is 2.05. The molecule has 0 aromatic heterocycles. The summed E-state index contributed by atoms with van der Waals surface area (Å²) in [5.41, 5.74) is 6.48. The van der Waals surface area contributed by atoms with Crippen LogP contribution in [-0.2, 0) is 0 Å². The predicted octanol–water partition coefficient (Wildman–Crippen LogP) is 1.73. The van der Waals surface area contributed by atoms with Crippen LogP contribution in [0.3, 0.4) is 0 Å². The highest BCUT2D eigenvalue weighted by atomic mass is 16.1. The second kappa shape index (κ2) is 3.72. The first kappa shape index (κ1) is 8.53. The number of hydrogen-bond donors (Lipinski definition) is 1. The number of hydrogen-bond acceptors (Lipinski definition) is 2. The van der Waals surface area contributed by atoms with Crippen LogP contribution in [0.5, 0.6) is 0 Å². The van der Waals surface area contributed by atoms with Crippen LogP contribution in [-0.4, -0.2) is 5.78 Å². The number of allylic oxidation sites excluding steroid dienone is 1. The Morgan fingerprint density at radius 3 is 2.42 bits per heavy atom. The number of rotatable bonds is 2. The van der Waals surface area contributed by atoms with Crippen molar-refractivity contribution in [2.45, 2.75) is 6.92 Å². The first-order valence-corrected chi connectivity index (χ1v) is 3.74. The Morgan fingerprint density at radius 2 is 1.92 bits per heavy atom. The largest absolute Gasteiger partial charge is 0.404 e. The van der Waals surface area contributed by atoms with Gasteiger partial charge in [-0.25, -0.2) is 0 Å². The maximum absolute atomic E-state index is 11.4. The van der Waals surface area contributed by atoms with Crippen molar-refractivity contribution in [3.05, 3.63) is 47.7 Å². The normalized spacial score (nSPS) is 11.2. The summed E-state index contributed by atoms with van der Waals surface area (Å²) in [6, 6.07) is 9.08. The maximum Gasteiger partial charge on any atom is 0.190 e. The standard InChI is InChI=1S/C10H11NO/c1-8(7-11)10(12)9-5-3-2-4-6-9/h2-7H,11H2,1H3. The van der Waals surface area contributed by atoms with Crippen molar-refractivity contribution < 1.29 is 4.79 Å². The number of benzene rings is 1. The summed E-state index contributed by atoms with van der Waals surface area (Å²) in [5, 5.41) is 0. The molecule has 0 bridgehead atoms. The zero-order chi connectivity index (χ0) is 8.97. The van der Waals surface area contributed by atoms with Crippen LogP contribution >= 0.6 is 0 Å². The summed E-state index contributed by atoms with van der Waals surface area (Å²) >= 11 is 0. The zero-order valence-corrected chi connectivity index (χ0v) is 6.95. The van der Waals surface area contributed by atoms with Crippen LogP contribution in [0, 0.1) is 0 Å². The van der Waals surface area contributed by atoms with Crippen molar-refractivity contribution >= 4 is 5.78 Å². The molecular weight excluding hydrogens is 150 g/mol. The molecule has 0 unspecified atom stereocenters. The summed E-state index contributed by atoms with van der Waals surface area (Å²) in [6.07, 6.45) is 1.33. The molecule has 2 heteroatoms. The van der Waals surface area contributed by atoms with Crippen molar-refractivity contribution in [2.75, 3.05) is 0 Å². The van der Waals surface area contributed by atoms with E-state index in [9.17, 15) is 4.79 Å². The first-order chi connectivity index (χ1) is 5.75. The molecule has 0 atom stereocenters. The SMILES string of the molecule is CC(=CN)C(=O)c1ccccc1. The summed E-state index contributed by atoms with van der Waals surface area (Å²) in [7, 11) is 0. The average Bonchev–Trinajstić information content (AvgIpc) is 2.17. The molecule has 0 amide bonds. The highest BCUT2D eigenvalue weighted by molar-refractivity contribution is 6.08. The lowest BCUT2D eigenvalue weighted by atomic mass is 10.1. The Bertz CT molecular complexity index is 301. The Labute approximate surface area is 71.7 Å². The summed E-state index contributed by atoms with van der Waals surface area (Å²) < 4.78 is 0. The van der Waals surface area contributed by atoms with Crippen LogP contribution in [0.25, 0.3) is 0 Å². The van der Waals surface area contributed by atoms with Gasteiger partial charge in [-0.05, 0) is 6.92 Å². The molecule has 12 heavy (non-hydrogen) atoms. The molecule has 0 aliphatic rings. The molecule has 0 heterocycles. The Hall–Kier alpha value is -1.57. The molecule has 1 rings (SSSR count). The number of carbonyl (C=O) groups excluding carboxylic acids is 1. The fourth-order valence-electron chi connectivity index (χ4n) is 0.893. The topological polar surface area (TPSA) is 43.1 Å². The van der Waals surface area contributed by atoms with Crippen LogP contribution in [0.2, 0.25) is 0 Å². The van der Waals surface area contributed by atoms with E-state index in [1.54, 1.807) is 19.1 Å². The van der Waals surface area contributed by atoms with Gasteiger partial charge in [-0.1, -0.05) is 30.3 Å². The minimum Gasteiger partial charge on any atom is -0.404 e. The third-order valence-electron chi connectivity index (χ3n) is 1.64. The van der Waals surface area contributed by atoms with E-state index in [1.807, 2.05) is 18.2 Å². The van der Waals surface area contributed by atoms with E-state index >= 15 is 0 Å². The highest BCUT2D eigenvalue weighted by Crippen LogP contribution is 2.05. The number of ketones is 1. The van der Waals surface area contributed by atoms with E-state index in [1.165, 1.54) is 6.20 Å². The van der Waals surface area contributed by atoms with E-state index in [0.29, 0.717) is 11.1 Å². The summed E-state index contributed by atoms with van der Waals surface area (Å²) in [5.74, 6) is -0.0156. The van der Waals surface area contributed by atoms with Gasteiger partial charge in [0.2, 0.25) is 0 Å². The predicted molar refractivity (Wildman–Crippen MR) is 48.7 cm³/mol. The number of Topliss-reactive ketones (excluding diaryl/α,β-unsaturated/α-hetero) is 1. The second-order valence-electron chi connectivity index (χ2n) is 2.54. The quantitative estimate of drug-likeness (QED) is 0.530. The number of carbonyl (C=O) groups is 1. The van der Waals surface area contributed by atoms with E-state index < -0.39 is 0 Å². The van der Waals surface area contributed by atoms with Gasteiger partial charge in [-0.15, -0.1) is 0 Å². The minimum atomic E-state index is -0.0156. The molecule has 2 nitrogen and oxygen atoms in total. The Kier molecular flexibility index (Phi) is 2.64. The smallest absolute Gasteiger partial charge is 0.190 e. The molecule has 0 aliphatic carbocycles. The molecule has 0 fully saturated rings. The van der Waals surface area contributed by atoms with Gasteiger partial charge < -0.3 is 5.73 Å². The second-order valence-corrected chi connectivity index (χ2v) is 2.54. The Balaban J connectivity index is 2.94. The molecule has 0 spiro atoms. The molecule has 62 valence electrons.